The first-order valence-electron chi connectivity index (χ1n) is 10.9. The minimum absolute atomic E-state index is 0.0986. The molecule has 0 spiro atoms. The number of rotatable bonds is 6. The van der Waals surface area contributed by atoms with Crippen molar-refractivity contribution in [1.82, 2.24) is 9.80 Å². The average molecular weight is 442 g/mol. The summed E-state index contributed by atoms with van der Waals surface area (Å²) in [5.74, 6) is 2.33. The summed E-state index contributed by atoms with van der Waals surface area (Å²) in [6.45, 7) is 6.96. The number of ether oxygens (including phenoxy) is 2. The standard InChI is InChI=1S/C24H28ClN3O3/c1-2-30-23(29)9-5-6-12-27-13-15-28(16-14-27)24-19-17-18(25)10-11-21(19)31-22-8-4-3-7-20(22)26-24/h3-4,7-8,10-11,17H,2,5-6,9,12-16H2,1H3. The Bertz CT molecular complexity index is 955. The number of para-hydroxylation sites is 2. The van der Waals surface area contributed by atoms with Crippen LogP contribution in [0.3, 0.4) is 0 Å². The number of halogens is 1. The number of esters is 1. The molecule has 1 saturated heterocycles. The van der Waals surface area contributed by atoms with Crippen molar-refractivity contribution in [2.75, 3.05) is 39.3 Å². The van der Waals surface area contributed by atoms with E-state index in [9.17, 15) is 4.79 Å². The van der Waals surface area contributed by atoms with Crippen LogP contribution in [-0.4, -0.2) is 60.9 Å². The van der Waals surface area contributed by atoms with Crippen molar-refractivity contribution in [3.05, 3.63) is 53.1 Å². The second-order valence-corrected chi connectivity index (χ2v) is 8.17. The molecule has 0 aromatic heterocycles. The summed E-state index contributed by atoms with van der Waals surface area (Å²) in [5.41, 5.74) is 1.75. The maximum atomic E-state index is 11.5. The zero-order chi connectivity index (χ0) is 21.6. The summed E-state index contributed by atoms with van der Waals surface area (Å²) in [4.78, 5) is 21.2. The monoisotopic (exact) mass is 441 g/mol. The highest BCUT2D eigenvalue weighted by Crippen LogP contribution is 2.38. The number of aliphatic imine (C=N–C) groups is 1. The van der Waals surface area contributed by atoms with E-state index in [0.29, 0.717) is 18.1 Å². The first-order chi connectivity index (χ1) is 15.1. The van der Waals surface area contributed by atoms with E-state index in [1.165, 1.54) is 0 Å². The molecule has 0 N–H and O–H groups in total. The van der Waals surface area contributed by atoms with Gasteiger partial charge in [0, 0.05) is 37.6 Å². The molecule has 31 heavy (non-hydrogen) atoms. The van der Waals surface area contributed by atoms with Crippen molar-refractivity contribution in [2.24, 2.45) is 4.99 Å². The Balaban J connectivity index is 1.41. The number of piperazine rings is 1. The lowest BCUT2D eigenvalue weighted by molar-refractivity contribution is -0.143. The Kier molecular flexibility index (Phi) is 7.10. The van der Waals surface area contributed by atoms with Crippen LogP contribution in [0.1, 0.15) is 31.7 Å². The third-order valence-electron chi connectivity index (χ3n) is 5.58. The van der Waals surface area contributed by atoms with E-state index >= 15 is 0 Å². The maximum Gasteiger partial charge on any atom is 0.305 e. The number of fused-ring (bicyclic) bond motifs is 2. The van der Waals surface area contributed by atoms with E-state index < -0.39 is 0 Å². The van der Waals surface area contributed by atoms with Gasteiger partial charge < -0.3 is 14.4 Å². The quantitative estimate of drug-likeness (QED) is 0.472. The fourth-order valence-electron chi connectivity index (χ4n) is 3.96. The Morgan fingerprint density at radius 2 is 1.90 bits per heavy atom. The van der Waals surface area contributed by atoms with Gasteiger partial charge in [-0.1, -0.05) is 23.7 Å². The summed E-state index contributed by atoms with van der Waals surface area (Å²) in [6.07, 6.45) is 2.37. The molecule has 2 aromatic carbocycles. The molecule has 0 bridgehead atoms. The summed E-state index contributed by atoms with van der Waals surface area (Å²) in [6, 6.07) is 13.5. The third kappa shape index (κ3) is 5.38. The van der Waals surface area contributed by atoms with Crippen molar-refractivity contribution in [3.8, 4) is 11.5 Å². The molecule has 0 unspecified atom stereocenters. The molecule has 2 aliphatic heterocycles. The SMILES string of the molecule is CCOC(=O)CCCCN1CCN(C2=Nc3ccccc3Oc3ccc(Cl)cc32)CC1. The van der Waals surface area contributed by atoms with Gasteiger partial charge >= 0.3 is 5.97 Å². The topological polar surface area (TPSA) is 54.4 Å². The predicted molar refractivity (Wildman–Crippen MR) is 123 cm³/mol. The first-order valence-corrected chi connectivity index (χ1v) is 11.3. The minimum Gasteiger partial charge on any atom is -0.466 e. The van der Waals surface area contributed by atoms with E-state index in [4.69, 9.17) is 26.1 Å². The summed E-state index contributed by atoms with van der Waals surface area (Å²) < 4.78 is 11.1. The van der Waals surface area contributed by atoms with Crippen LogP contribution < -0.4 is 4.74 Å². The van der Waals surface area contributed by atoms with Gasteiger partial charge in [0.1, 0.15) is 17.3 Å². The van der Waals surface area contributed by atoms with Gasteiger partial charge in [-0.15, -0.1) is 0 Å². The molecule has 2 heterocycles. The van der Waals surface area contributed by atoms with Crippen LogP contribution in [0.5, 0.6) is 11.5 Å². The van der Waals surface area contributed by atoms with Gasteiger partial charge in [0.15, 0.2) is 5.75 Å². The highest BCUT2D eigenvalue weighted by Gasteiger charge is 2.26. The molecular formula is C24H28ClN3O3. The number of carbonyl (C=O) groups excluding carboxylic acids is 1. The van der Waals surface area contributed by atoms with Crippen LogP contribution in [0.4, 0.5) is 5.69 Å². The fraction of sp³-hybridized carbons (Fsp3) is 0.417. The molecule has 0 aliphatic carbocycles. The van der Waals surface area contributed by atoms with Gasteiger partial charge in [0.05, 0.1) is 12.2 Å². The molecular weight excluding hydrogens is 414 g/mol. The number of hydrogen-bond donors (Lipinski definition) is 0. The molecule has 2 aliphatic rings. The molecule has 0 saturated carbocycles. The Hall–Kier alpha value is -2.57. The van der Waals surface area contributed by atoms with Crippen molar-refractivity contribution < 1.29 is 14.3 Å². The zero-order valence-electron chi connectivity index (χ0n) is 17.8. The van der Waals surface area contributed by atoms with Gasteiger partial charge in [-0.25, -0.2) is 4.99 Å². The van der Waals surface area contributed by atoms with E-state index in [2.05, 4.69) is 9.80 Å². The Morgan fingerprint density at radius 1 is 1.10 bits per heavy atom. The molecule has 7 heteroatoms. The minimum atomic E-state index is -0.0986. The Labute approximate surface area is 188 Å². The lowest BCUT2D eigenvalue weighted by Crippen LogP contribution is -2.49. The molecule has 0 atom stereocenters. The molecule has 1 fully saturated rings. The predicted octanol–water partition coefficient (Wildman–Crippen LogP) is 4.88. The highest BCUT2D eigenvalue weighted by atomic mass is 35.5. The lowest BCUT2D eigenvalue weighted by atomic mass is 10.1. The van der Waals surface area contributed by atoms with E-state index in [-0.39, 0.29) is 5.97 Å². The number of hydrogen-bond acceptors (Lipinski definition) is 6. The number of benzene rings is 2. The molecule has 0 amide bonds. The zero-order valence-corrected chi connectivity index (χ0v) is 18.6. The lowest BCUT2D eigenvalue weighted by Gasteiger charge is -2.36. The molecule has 164 valence electrons. The van der Waals surface area contributed by atoms with Crippen molar-refractivity contribution in [3.63, 3.8) is 0 Å². The van der Waals surface area contributed by atoms with Gasteiger partial charge in [0.2, 0.25) is 0 Å². The molecule has 4 rings (SSSR count). The largest absolute Gasteiger partial charge is 0.466 e. The van der Waals surface area contributed by atoms with E-state index in [0.717, 1.165) is 74.2 Å². The van der Waals surface area contributed by atoms with Crippen molar-refractivity contribution >= 4 is 29.1 Å². The van der Waals surface area contributed by atoms with E-state index in [1.54, 1.807) is 0 Å². The fourth-order valence-corrected chi connectivity index (χ4v) is 4.13. The maximum absolute atomic E-state index is 11.5. The van der Waals surface area contributed by atoms with Gasteiger partial charge in [-0.2, -0.15) is 0 Å². The first kappa shape index (κ1) is 21.7. The molecule has 2 aromatic rings. The smallest absolute Gasteiger partial charge is 0.305 e. The summed E-state index contributed by atoms with van der Waals surface area (Å²) in [7, 11) is 0. The molecule has 0 radical (unpaired) electrons. The highest BCUT2D eigenvalue weighted by molar-refractivity contribution is 6.31. The second kappa shape index (κ2) is 10.2. The number of carbonyl (C=O) groups is 1. The van der Waals surface area contributed by atoms with Crippen LogP contribution in [0, 0.1) is 0 Å². The number of nitrogens with zero attached hydrogens (tertiary/aromatic N) is 3. The van der Waals surface area contributed by atoms with Crippen molar-refractivity contribution in [1.29, 1.82) is 0 Å². The Morgan fingerprint density at radius 3 is 2.71 bits per heavy atom. The summed E-state index contributed by atoms with van der Waals surface area (Å²) >= 11 is 6.31. The second-order valence-electron chi connectivity index (χ2n) is 7.74. The third-order valence-corrected chi connectivity index (χ3v) is 5.81. The van der Waals surface area contributed by atoms with Crippen molar-refractivity contribution in [2.45, 2.75) is 26.2 Å². The van der Waals surface area contributed by atoms with Crippen LogP contribution >= 0.6 is 11.6 Å². The molecule has 6 nitrogen and oxygen atoms in total. The number of amidine groups is 1. The van der Waals surface area contributed by atoms with Crippen LogP contribution in [0.15, 0.2) is 47.5 Å². The number of unbranched alkanes of at least 4 members (excludes halogenated alkanes) is 1. The average Bonchev–Trinajstić information content (AvgIpc) is 2.94. The van der Waals surface area contributed by atoms with Crippen LogP contribution in [0.25, 0.3) is 0 Å². The van der Waals surface area contributed by atoms with E-state index in [1.807, 2.05) is 49.4 Å². The normalized spacial score (nSPS) is 15.9. The van der Waals surface area contributed by atoms with Gasteiger partial charge in [-0.05, 0) is 56.6 Å². The van der Waals surface area contributed by atoms with Gasteiger partial charge in [0.25, 0.3) is 0 Å². The van der Waals surface area contributed by atoms with Gasteiger partial charge in [-0.3, -0.25) is 9.69 Å². The van der Waals surface area contributed by atoms with Crippen LogP contribution in [-0.2, 0) is 9.53 Å². The summed E-state index contributed by atoms with van der Waals surface area (Å²) in [5, 5.41) is 0.668. The van der Waals surface area contributed by atoms with Crippen LogP contribution in [0.2, 0.25) is 5.02 Å².